The molecule has 0 spiro atoms. The number of carbonyl (C=O) groups excluding carboxylic acids is 1. The van der Waals surface area contributed by atoms with Crippen LogP contribution in [0.4, 0.5) is 5.69 Å². The quantitative estimate of drug-likeness (QED) is 0.847. The predicted octanol–water partition coefficient (Wildman–Crippen LogP) is 0.707. The van der Waals surface area contributed by atoms with E-state index in [1.807, 2.05) is 0 Å². The molecule has 1 aromatic rings. The number of anilines is 1. The van der Waals surface area contributed by atoms with Gasteiger partial charge in [0.15, 0.2) is 0 Å². The van der Waals surface area contributed by atoms with Gasteiger partial charge in [-0.3, -0.25) is 4.79 Å². The molecule has 0 saturated carbocycles. The normalized spacial score (nSPS) is 11.2. The maximum Gasteiger partial charge on any atom is 0.238 e. The predicted molar refractivity (Wildman–Crippen MR) is 61.5 cm³/mol. The van der Waals surface area contributed by atoms with E-state index >= 15 is 0 Å². The number of amides is 1. The molecular formula is C10H14N2O3S. The van der Waals surface area contributed by atoms with E-state index in [4.69, 9.17) is 5.14 Å². The van der Waals surface area contributed by atoms with E-state index < -0.39 is 10.0 Å². The Morgan fingerprint density at radius 1 is 1.31 bits per heavy atom. The molecule has 2 N–H and O–H groups in total. The molecule has 0 bridgehead atoms. The third-order valence-corrected chi connectivity index (χ3v) is 3.16. The highest BCUT2D eigenvalue weighted by Crippen LogP contribution is 2.16. The number of nitrogens with zero attached hydrogens (tertiary/aromatic N) is 1. The van der Waals surface area contributed by atoms with E-state index in [1.165, 1.54) is 17.0 Å². The van der Waals surface area contributed by atoms with Crippen LogP contribution in [0, 0.1) is 0 Å². The number of hydrogen-bond donors (Lipinski definition) is 1. The van der Waals surface area contributed by atoms with Gasteiger partial charge in [-0.2, -0.15) is 0 Å². The van der Waals surface area contributed by atoms with E-state index in [-0.39, 0.29) is 10.8 Å². The number of rotatable bonds is 3. The van der Waals surface area contributed by atoms with Gasteiger partial charge in [-0.05, 0) is 24.3 Å². The molecule has 0 radical (unpaired) electrons. The summed E-state index contributed by atoms with van der Waals surface area (Å²) in [5.41, 5.74) is 0.638. The second kappa shape index (κ2) is 4.63. The minimum Gasteiger partial charge on any atom is -0.316 e. The van der Waals surface area contributed by atoms with Crippen LogP contribution in [0.25, 0.3) is 0 Å². The van der Waals surface area contributed by atoms with Crippen molar-refractivity contribution in [2.24, 2.45) is 5.14 Å². The lowest BCUT2D eigenvalue weighted by atomic mass is 10.3. The fraction of sp³-hybridized carbons (Fsp3) is 0.300. The highest BCUT2D eigenvalue weighted by molar-refractivity contribution is 7.89. The van der Waals surface area contributed by atoms with Crippen LogP contribution < -0.4 is 10.0 Å². The van der Waals surface area contributed by atoms with Crippen molar-refractivity contribution in [1.82, 2.24) is 0 Å². The van der Waals surface area contributed by atoms with Gasteiger partial charge in [0.2, 0.25) is 15.9 Å². The van der Waals surface area contributed by atoms with Crippen molar-refractivity contribution in [2.45, 2.75) is 18.2 Å². The maximum atomic E-state index is 11.4. The molecule has 0 aliphatic carbocycles. The first-order valence-corrected chi connectivity index (χ1v) is 6.30. The molecule has 0 unspecified atom stereocenters. The van der Waals surface area contributed by atoms with Crippen molar-refractivity contribution < 1.29 is 13.2 Å². The lowest BCUT2D eigenvalue weighted by molar-refractivity contribution is -0.118. The topological polar surface area (TPSA) is 80.5 Å². The van der Waals surface area contributed by atoms with Crippen LogP contribution in [0.15, 0.2) is 29.2 Å². The Morgan fingerprint density at radius 2 is 1.81 bits per heavy atom. The van der Waals surface area contributed by atoms with Gasteiger partial charge in [0.05, 0.1) is 4.90 Å². The Hall–Kier alpha value is -1.40. The molecule has 0 aliphatic heterocycles. The largest absolute Gasteiger partial charge is 0.316 e. The molecular weight excluding hydrogens is 228 g/mol. The molecule has 0 saturated heterocycles. The smallest absolute Gasteiger partial charge is 0.238 e. The van der Waals surface area contributed by atoms with Crippen LogP contribution in [-0.4, -0.2) is 21.4 Å². The summed E-state index contributed by atoms with van der Waals surface area (Å²) < 4.78 is 22.0. The van der Waals surface area contributed by atoms with Gasteiger partial charge in [0.1, 0.15) is 0 Å². The number of hydrogen-bond acceptors (Lipinski definition) is 3. The van der Waals surface area contributed by atoms with E-state index in [0.717, 1.165) is 0 Å². The molecule has 16 heavy (non-hydrogen) atoms. The number of sulfonamides is 1. The summed E-state index contributed by atoms with van der Waals surface area (Å²) in [6.07, 6.45) is 0.396. The highest BCUT2D eigenvalue weighted by Gasteiger charge is 2.11. The SMILES string of the molecule is CCC(=O)N(C)c1ccc(S(N)(=O)=O)cc1. The first-order chi connectivity index (χ1) is 7.36. The Morgan fingerprint density at radius 3 is 2.19 bits per heavy atom. The monoisotopic (exact) mass is 242 g/mol. The first-order valence-electron chi connectivity index (χ1n) is 4.75. The van der Waals surface area contributed by atoms with E-state index in [2.05, 4.69) is 0 Å². The molecule has 5 nitrogen and oxygen atoms in total. The Labute approximate surface area is 94.9 Å². The van der Waals surface area contributed by atoms with Gasteiger partial charge in [0.25, 0.3) is 0 Å². The van der Waals surface area contributed by atoms with E-state index in [9.17, 15) is 13.2 Å². The fourth-order valence-corrected chi connectivity index (χ4v) is 1.76. The van der Waals surface area contributed by atoms with Gasteiger partial charge >= 0.3 is 0 Å². The standard InChI is InChI=1S/C10H14N2O3S/c1-3-10(13)12(2)8-4-6-9(7-5-8)16(11,14)15/h4-7H,3H2,1-2H3,(H2,11,14,15). The van der Waals surface area contributed by atoms with Crippen LogP contribution in [0.3, 0.4) is 0 Å². The molecule has 1 rings (SSSR count). The molecule has 0 aliphatic rings. The van der Waals surface area contributed by atoms with Crippen molar-refractivity contribution in [1.29, 1.82) is 0 Å². The summed E-state index contributed by atoms with van der Waals surface area (Å²) in [4.78, 5) is 12.9. The number of nitrogens with two attached hydrogens (primary N) is 1. The first kappa shape index (κ1) is 12.7. The number of primary sulfonamides is 1. The van der Waals surface area contributed by atoms with E-state index in [1.54, 1.807) is 26.1 Å². The Balaban J connectivity index is 3.00. The van der Waals surface area contributed by atoms with Gasteiger partial charge < -0.3 is 4.90 Å². The lowest BCUT2D eigenvalue weighted by Gasteiger charge is -2.16. The van der Waals surface area contributed by atoms with Crippen LogP contribution >= 0.6 is 0 Å². The Kier molecular flexibility index (Phi) is 3.66. The van der Waals surface area contributed by atoms with Crippen LogP contribution in [-0.2, 0) is 14.8 Å². The van der Waals surface area contributed by atoms with Gasteiger partial charge in [-0.1, -0.05) is 6.92 Å². The van der Waals surface area contributed by atoms with Crippen molar-refractivity contribution in [3.05, 3.63) is 24.3 Å². The molecule has 1 amide bonds. The zero-order valence-electron chi connectivity index (χ0n) is 9.17. The minimum atomic E-state index is -3.67. The summed E-state index contributed by atoms with van der Waals surface area (Å²) in [5.74, 6) is -0.0386. The van der Waals surface area contributed by atoms with Crippen molar-refractivity contribution in [3.8, 4) is 0 Å². The summed E-state index contributed by atoms with van der Waals surface area (Å²) >= 11 is 0. The molecule has 6 heteroatoms. The second-order valence-corrected chi connectivity index (χ2v) is 4.91. The van der Waals surface area contributed by atoms with Crippen LogP contribution in [0.1, 0.15) is 13.3 Å². The fourth-order valence-electron chi connectivity index (χ4n) is 1.24. The summed E-state index contributed by atoms with van der Waals surface area (Å²) in [6.45, 7) is 1.76. The zero-order valence-corrected chi connectivity index (χ0v) is 9.99. The average Bonchev–Trinajstić information content (AvgIpc) is 2.26. The summed E-state index contributed by atoms with van der Waals surface area (Å²) in [5, 5.41) is 4.96. The van der Waals surface area contributed by atoms with Gasteiger partial charge in [-0.25, -0.2) is 13.6 Å². The third-order valence-electron chi connectivity index (χ3n) is 2.23. The van der Waals surface area contributed by atoms with Gasteiger partial charge in [0, 0.05) is 19.2 Å². The second-order valence-electron chi connectivity index (χ2n) is 3.35. The van der Waals surface area contributed by atoms with Crippen molar-refractivity contribution >= 4 is 21.6 Å². The van der Waals surface area contributed by atoms with Crippen molar-refractivity contribution in [2.75, 3.05) is 11.9 Å². The molecule has 0 fully saturated rings. The molecule has 88 valence electrons. The average molecular weight is 242 g/mol. The number of benzene rings is 1. The van der Waals surface area contributed by atoms with E-state index in [0.29, 0.717) is 12.1 Å². The zero-order chi connectivity index (χ0) is 12.3. The minimum absolute atomic E-state index is 0.0357. The molecule has 0 heterocycles. The maximum absolute atomic E-state index is 11.4. The highest BCUT2D eigenvalue weighted by atomic mass is 32.2. The molecule has 0 atom stereocenters. The Bertz CT molecular complexity index is 479. The van der Waals surface area contributed by atoms with Crippen molar-refractivity contribution in [3.63, 3.8) is 0 Å². The van der Waals surface area contributed by atoms with Crippen LogP contribution in [0.5, 0.6) is 0 Å². The third kappa shape index (κ3) is 2.80. The summed E-state index contributed by atoms with van der Waals surface area (Å²) in [7, 11) is -2.04. The van der Waals surface area contributed by atoms with Crippen LogP contribution in [0.2, 0.25) is 0 Å². The summed E-state index contributed by atoms with van der Waals surface area (Å²) in [6, 6.07) is 5.86. The van der Waals surface area contributed by atoms with Gasteiger partial charge in [-0.15, -0.1) is 0 Å². The molecule has 1 aromatic carbocycles. The number of carbonyl (C=O) groups is 1. The lowest BCUT2D eigenvalue weighted by Crippen LogP contribution is -2.25. The molecule has 0 aromatic heterocycles.